The summed E-state index contributed by atoms with van der Waals surface area (Å²) in [7, 11) is 0. The summed E-state index contributed by atoms with van der Waals surface area (Å²) in [6, 6.07) is 7.08. The van der Waals surface area contributed by atoms with Crippen LogP contribution >= 0.6 is 27.5 Å². The molecule has 0 aliphatic heterocycles. The molecule has 0 fully saturated rings. The Morgan fingerprint density at radius 2 is 2.00 bits per heavy atom. The summed E-state index contributed by atoms with van der Waals surface area (Å²) in [6.07, 6.45) is -1.57. The molecule has 70 valence electrons. The van der Waals surface area contributed by atoms with Gasteiger partial charge in [0.15, 0.2) is 6.17 Å². The fourth-order valence-corrected chi connectivity index (χ4v) is 1.25. The van der Waals surface area contributed by atoms with Gasteiger partial charge in [0.25, 0.3) is 5.24 Å². The lowest BCUT2D eigenvalue weighted by molar-refractivity contribution is -0.115. The first kappa shape index (κ1) is 10.7. The standard InChI is InChI=1S/C9H7BrClFO/c10-7-3-1-6(2-4-7)5-8(12)9(11)13/h1-4,8H,5H2. The molecule has 0 aliphatic rings. The van der Waals surface area contributed by atoms with Gasteiger partial charge in [-0.1, -0.05) is 28.1 Å². The smallest absolute Gasteiger partial charge is 0.256 e. The molecule has 1 atom stereocenters. The minimum absolute atomic E-state index is 0.0373. The van der Waals surface area contributed by atoms with Crippen molar-refractivity contribution in [3.8, 4) is 0 Å². The summed E-state index contributed by atoms with van der Waals surface area (Å²) >= 11 is 8.24. The first-order valence-corrected chi connectivity index (χ1v) is 4.84. The normalized spacial score (nSPS) is 12.5. The van der Waals surface area contributed by atoms with Crippen molar-refractivity contribution in [2.24, 2.45) is 0 Å². The Morgan fingerprint density at radius 3 is 2.46 bits per heavy atom. The summed E-state index contributed by atoms with van der Waals surface area (Å²) in [5.41, 5.74) is 0.754. The van der Waals surface area contributed by atoms with Crippen molar-refractivity contribution in [3.63, 3.8) is 0 Å². The second kappa shape index (κ2) is 4.72. The number of alkyl halides is 1. The van der Waals surface area contributed by atoms with Crippen LogP contribution in [0.2, 0.25) is 0 Å². The third-order valence-corrected chi connectivity index (χ3v) is 2.34. The van der Waals surface area contributed by atoms with Crippen LogP contribution in [0, 0.1) is 0 Å². The molecule has 0 spiro atoms. The number of halogens is 3. The van der Waals surface area contributed by atoms with Crippen molar-refractivity contribution in [2.75, 3.05) is 0 Å². The number of carbonyl (C=O) groups excluding carboxylic acids is 1. The van der Waals surface area contributed by atoms with Gasteiger partial charge in [0.2, 0.25) is 0 Å². The number of hydrogen-bond acceptors (Lipinski definition) is 1. The van der Waals surface area contributed by atoms with E-state index >= 15 is 0 Å². The van der Waals surface area contributed by atoms with Crippen molar-refractivity contribution in [3.05, 3.63) is 34.3 Å². The van der Waals surface area contributed by atoms with E-state index in [2.05, 4.69) is 15.9 Å². The zero-order chi connectivity index (χ0) is 9.84. The van der Waals surface area contributed by atoms with Crippen molar-refractivity contribution in [1.29, 1.82) is 0 Å². The molecule has 0 bridgehead atoms. The van der Waals surface area contributed by atoms with Gasteiger partial charge in [-0.25, -0.2) is 4.39 Å². The Labute approximate surface area is 89.0 Å². The molecule has 0 amide bonds. The third-order valence-electron chi connectivity index (χ3n) is 1.57. The SMILES string of the molecule is O=C(Cl)C(F)Cc1ccc(Br)cc1. The lowest BCUT2D eigenvalue weighted by atomic mass is 10.1. The van der Waals surface area contributed by atoms with E-state index in [0.29, 0.717) is 0 Å². The molecule has 0 aliphatic carbocycles. The van der Waals surface area contributed by atoms with Gasteiger partial charge in [-0.05, 0) is 29.3 Å². The molecule has 0 radical (unpaired) electrons. The van der Waals surface area contributed by atoms with E-state index in [4.69, 9.17) is 11.6 Å². The first-order valence-electron chi connectivity index (χ1n) is 3.67. The summed E-state index contributed by atoms with van der Waals surface area (Å²) in [4.78, 5) is 10.4. The van der Waals surface area contributed by atoms with Crippen LogP contribution in [0.3, 0.4) is 0 Å². The summed E-state index contributed by atoms with van der Waals surface area (Å²) in [5, 5.41) is -0.942. The molecule has 1 aromatic carbocycles. The van der Waals surface area contributed by atoms with Gasteiger partial charge in [-0.3, -0.25) is 4.79 Å². The van der Waals surface area contributed by atoms with Gasteiger partial charge in [0.05, 0.1) is 0 Å². The number of benzene rings is 1. The van der Waals surface area contributed by atoms with Gasteiger partial charge < -0.3 is 0 Å². The predicted molar refractivity (Wildman–Crippen MR) is 53.6 cm³/mol. The minimum Gasteiger partial charge on any atom is -0.278 e. The van der Waals surface area contributed by atoms with Crippen LogP contribution in [0.4, 0.5) is 4.39 Å². The molecule has 0 heterocycles. The monoisotopic (exact) mass is 264 g/mol. The van der Waals surface area contributed by atoms with Crippen LogP contribution in [0.1, 0.15) is 5.56 Å². The molecule has 0 saturated heterocycles. The Morgan fingerprint density at radius 1 is 1.46 bits per heavy atom. The Kier molecular flexibility index (Phi) is 3.88. The summed E-state index contributed by atoms with van der Waals surface area (Å²) < 4.78 is 13.7. The maximum absolute atomic E-state index is 12.8. The summed E-state index contributed by atoms with van der Waals surface area (Å²) in [5.74, 6) is 0. The molecule has 0 saturated carbocycles. The number of carbonyl (C=O) groups is 1. The highest BCUT2D eigenvalue weighted by Gasteiger charge is 2.14. The third kappa shape index (κ3) is 3.44. The average Bonchev–Trinajstić information content (AvgIpc) is 2.08. The molecular weight excluding hydrogens is 258 g/mol. The highest BCUT2D eigenvalue weighted by molar-refractivity contribution is 9.10. The van der Waals surface area contributed by atoms with E-state index in [1.54, 1.807) is 24.3 Å². The van der Waals surface area contributed by atoms with Gasteiger partial charge in [0, 0.05) is 10.9 Å². The van der Waals surface area contributed by atoms with E-state index < -0.39 is 11.4 Å². The molecule has 13 heavy (non-hydrogen) atoms. The van der Waals surface area contributed by atoms with Crippen LogP contribution < -0.4 is 0 Å². The number of hydrogen-bond donors (Lipinski definition) is 0. The maximum Gasteiger partial charge on any atom is 0.256 e. The van der Waals surface area contributed by atoms with Crippen molar-refractivity contribution in [2.45, 2.75) is 12.6 Å². The number of rotatable bonds is 3. The molecular formula is C9H7BrClFO. The van der Waals surface area contributed by atoms with Crippen molar-refractivity contribution in [1.82, 2.24) is 0 Å². The fraction of sp³-hybridized carbons (Fsp3) is 0.222. The topological polar surface area (TPSA) is 17.1 Å². The second-order valence-electron chi connectivity index (χ2n) is 2.60. The van der Waals surface area contributed by atoms with E-state index in [0.717, 1.165) is 10.0 Å². The Balaban J connectivity index is 2.64. The zero-order valence-corrected chi connectivity index (χ0v) is 8.98. The first-order chi connectivity index (χ1) is 6.09. The fourth-order valence-electron chi connectivity index (χ4n) is 0.908. The molecule has 1 aromatic rings. The largest absolute Gasteiger partial charge is 0.278 e. The molecule has 1 nitrogen and oxygen atoms in total. The van der Waals surface area contributed by atoms with Gasteiger partial charge in [0.1, 0.15) is 0 Å². The van der Waals surface area contributed by atoms with E-state index in [1.165, 1.54) is 0 Å². The van der Waals surface area contributed by atoms with Crippen molar-refractivity contribution < 1.29 is 9.18 Å². The lowest BCUT2D eigenvalue weighted by Gasteiger charge is -2.02. The van der Waals surface area contributed by atoms with E-state index in [9.17, 15) is 9.18 Å². The Hall–Kier alpha value is -0.410. The summed E-state index contributed by atoms with van der Waals surface area (Å²) in [6.45, 7) is 0. The highest BCUT2D eigenvalue weighted by Crippen LogP contribution is 2.13. The van der Waals surface area contributed by atoms with Crippen LogP contribution in [-0.2, 0) is 11.2 Å². The Bertz CT molecular complexity index is 299. The van der Waals surface area contributed by atoms with Gasteiger partial charge in [-0.15, -0.1) is 0 Å². The molecule has 1 rings (SSSR count). The van der Waals surface area contributed by atoms with E-state index in [1.807, 2.05) is 0 Å². The zero-order valence-electron chi connectivity index (χ0n) is 6.64. The van der Waals surface area contributed by atoms with Gasteiger partial charge in [-0.2, -0.15) is 0 Å². The van der Waals surface area contributed by atoms with Crippen LogP contribution in [0.15, 0.2) is 28.7 Å². The predicted octanol–water partition coefficient (Wildman–Crippen LogP) is 3.10. The highest BCUT2D eigenvalue weighted by atomic mass is 79.9. The minimum atomic E-state index is -1.61. The lowest BCUT2D eigenvalue weighted by Crippen LogP contribution is -2.12. The maximum atomic E-state index is 12.8. The molecule has 0 N–H and O–H groups in total. The van der Waals surface area contributed by atoms with Crippen LogP contribution in [-0.4, -0.2) is 11.4 Å². The van der Waals surface area contributed by atoms with E-state index in [-0.39, 0.29) is 6.42 Å². The van der Waals surface area contributed by atoms with Gasteiger partial charge >= 0.3 is 0 Å². The molecule has 4 heteroatoms. The second-order valence-corrected chi connectivity index (χ2v) is 3.89. The molecule has 1 unspecified atom stereocenters. The van der Waals surface area contributed by atoms with Crippen LogP contribution in [0.25, 0.3) is 0 Å². The van der Waals surface area contributed by atoms with Crippen molar-refractivity contribution >= 4 is 32.8 Å². The molecule has 0 aromatic heterocycles. The quantitative estimate of drug-likeness (QED) is 0.768. The van der Waals surface area contributed by atoms with Crippen LogP contribution in [0.5, 0.6) is 0 Å². The average molecular weight is 266 g/mol.